The van der Waals surface area contributed by atoms with Gasteiger partial charge in [-0.2, -0.15) is 0 Å². The van der Waals surface area contributed by atoms with E-state index in [1.807, 2.05) is 0 Å². The molecule has 0 unspecified atom stereocenters. The molecule has 0 N–H and O–H groups in total. The molecule has 0 amide bonds. The van der Waals surface area contributed by atoms with Crippen molar-refractivity contribution in [3.05, 3.63) is 0 Å². The van der Waals surface area contributed by atoms with Crippen molar-refractivity contribution in [2.24, 2.45) is 17.8 Å². The Hall–Kier alpha value is -1.59. The number of unbranched alkanes of at least 4 members (excludes halogenated alkanes) is 38. The predicted molar refractivity (Wildman–Crippen MR) is 293 cm³/mol. The average Bonchev–Trinajstić information content (AvgIpc) is 3.30. The molecule has 404 valence electrons. The van der Waals surface area contributed by atoms with Gasteiger partial charge >= 0.3 is 17.9 Å². The molecule has 6 heteroatoms. The van der Waals surface area contributed by atoms with E-state index in [0.29, 0.717) is 19.3 Å². The Morgan fingerprint density at radius 1 is 0.250 bits per heavy atom. The molecule has 0 aliphatic heterocycles. The highest BCUT2D eigenvalue weighted by atomic mass is 16.6. The van der Waals surface area contributed by atoms with E-state index in [1.165, 1.54) is 225 Å². The molecule has 0 spiro atoms. The summed E-state index contributed by atoms with van der Waals surface area (Å²) in [4.78, 5) is 38.2. The number of hydrogen-bond donors (Lipinski definition) is 0. The largest absolute Gasteiger partial charge is 0.462 e. The molecular formula is C62H120O6. The van der Waals surface area contributed by atoms with Gasteiger partial charge in [0.2, 0.25) is 0 Å². The zero-order chi connectivity index (χ0) is 49.8. The Morgan fingerprint density at radius 3 is 0.632 bits per heavy atom. The van der Waals surface area contributed by atoms with Gasteiger partial charge in [0, 0.05) is 19.3 Å². The van der Waals surface area contributed by atoms with E-state index in [9.17, 15) is 14.4 Å². The second-order valence-corrected chi connectivity index (χ2v) is 22.8. The maximum atomic E-state index is 12.9. The molecule has 6 nitrogen and oxygen atoms in total. The molecule has 0 aliphatic rings. The van der Waals surface area contributed by atoms with Gasteiger partial charge in [0.25, 0.3) is 0 Å². The lowest BCUT2D eigenvalue weighted by Gasteiger charge is -2.18. The van der Waals surface area contributed by atoms with Crippen LogP contribution in [-0.2, 0) is 28.6 Å². The van der Waals surface area contributed by atoms with Gasteiger partial charge in [-0.25, -0.2) is 0 Å². The lowest BCUT2D eigenvalue weighted by molar-refractivity contribution is -0.167. The van der Waals surface area contributed by atoms with Crippen LogP contribution in [0.2, 0.25) is 0 Å². The molecule has 0 aromatic heterocycles. The summed E-state index contributed by atoms with van der Waals surface area (Å²) in [5.41, 5.74) is 0. The summed E-state index contributed by atoms with van der Waals surface area (Å²) in [6.45, 7) is 13.8. The first-order valence-corrected chi connectivity index (χ1v) is 30.6. The first kappa shape index (κ1) is 66.4. The molecule has 0 bridgehead atoms. The third-order valence-electron chi connectivity index (χ3n) is 14.1. The minimum atomic E-state index is -0.764. The van der Waals surface area contributed by atoms with Gasteiger partial charge in [0.1, 0.15) is 13.2 Å². The molecule has 0 aromatic rings. The minimum Gasteiger partial charge on any atom is -0.462 e. The Bertz CT molecular complexity index is 1050. The van der Waals surface area contributed by atoms with Crippen LogP contribution in [0.25, 0.3) is 0 Å². The Labute approximate surface area is 425 Å². The lowest BCUT2D eigenvalue weighted by atomic mass is 10.0. The van der Waals surface area contributed by atoms with Crippen LogP contribution in [0.3, 0.4) is 0 Å². The maximum absolute atomic E-state index is 12.9. The Kier molecular flexibility index (Phi) is 52.0. The molecule has 0 saturated heterocycles. The molecule has 0 radical (unpaired) electrons. The fourth-order valence-electron chi connectivity index (χ4n) is 9.53. The lowest BCUT2D eigenvalue weighted by Crippen LogP contribution is -2.30. The van der Waals surface area contributed by atoms with Crippen molar-refractivity contribution >= 4 is 17.9 Å². The van der Waals surface area contributed by atoms with Crippen molar-refractivity contribution in [2.45, 2.75) is 349 Å². The fourth-order valence-corrected chi connectivity index (χ4v) is 9.53. The average molecular weight is 962 g/mol. The molecule has 1 atom stereocenters. The highest BCUT2D eigenvalue weighted by Gasteiger charge is 2.19. The van der Waals surface area contributed by atoms with Crippen molar-refractivity contribution < 1.29 is 28.6 Å². The van der Waals surface area contributed by atoms with Crippen LogP contribution in [-0.4, -0.2) is 37.2 Å². The van der Waals surface area contributed by atoms with Gasteiger partial charge < -0.3 is 14.2 Å². The van der Waals surface area contributed by atoms with E-state index in [2.05, 4.69) is 41.5 Å². The summed E-state index contributed by atoms with van der Waals surface area (Å²) in [6, 6.07) is 0. The summed E-state index contributed by atoms with van der Waals surface area (Å²) in [5.74, 6) is 1.68. The minimum absolute atomic E-state index is 0.0631. The van der Waals surface area contributed by atoms with Crippen LogP contribution in [0.15, 0.2) is 0 Å². The summed E-state index contributed by atoms with van der Waals surface area (Å²) >= 11 is 0. The summed E-state index contributed by atoms with van der Waals surface area (Å²) < 4.78 is 16.9. The molecule has 0 heterocycles. The van der Waals surface area contributed by atoms with Gasteiger partial charge in [-0.05, 0) is 37.0 Å². The third kappa shape index (κ3) is 55.3. The van der Waals surface area contributed by atoms with Crippen LogP contribution in [0.1, 0.15) is 343 Å². The summed E-state index contributed by atoms with van der Waals surface area (Å²) in [6.07, 6.45) is 56.7. The quantitative estimate of drug-likeness (QED) is 0.0343. The third-order valence-corrected chi connectivity index (χ3v) is 14.1. The second-order valence-electron chi connectivity index (χ2n) is 22.8. The number of hydrogen-bond acceptors (Lipinski definition) is 6. The maximum Gasteiger partial charge on any atom is 0.306 e. The Morgan fingerprint density at radius 2 is 0.426 bits per heavy atom. The predicted octanol–water partition coefficient (Wildman–Crippen LogP) is 20.3. The smallest absolute Gasteiger partial charge is 0.306 e. The monoisotopic (exact) mass is 961 g/mol. The summed E-state index contributed by atoms with van der Waals surface area (Å²) in [7, 11) is 0. The van der Waals surface area contributed by atoms with E-state index in [4.69, 9.17) is 14.2 Å². The van der Waals surface area contributed by atoms with E-state index in [1.54, 1.807) is 0 Å². The van der Waals surface area contributed by atoms with Crippen molar-refractivity contribution in [1.29, 1.82) is 0 Å². The fraction of sp³-hybridized carbons (Fsp3) is 0.952. The van der Waals surface area contributed by atoms with Gasteiger partial charge in [-0.3, -0.25) is 14.4 Å². The molecular weight excluding hydrogens is 841 g/mol. The van der Waals surface area contributed by atoms with Crippen molar-refractivity contribution in [3.8, 4) is 0 Å². The zero-order valence-corrected chi connectivity index (χ0v) is 46.9. The molecule has 0 saturated carbocycles. The first-order chi connectivity index (χ1) is 33.1. The van der Waals surface area contributed by atoms with Crippen molar-refractivity contribution in [1.82, 2.24) is 0 Å². The highest BCUT2D eigenvalue weighted by Crippen LogP contribution is 2.19. The van der Waals surface area contributed by atoms with Gasteiger partial charge in [-0.1, -0.05) is 305 Å². The van der Waals surface area contributed by atoms with Crippen molar-refractivity contribution in [3.63, 3.8) is 0 Å². The molecule has 68 heavy (non-hydrogen) atoms. The number of rotatable bonds is 55. The zero-order valence-electron chi connectivity index (χ0n) is 46.9. The molecule has 0 aliphatic carbocycles. The number of esters is 3. The highest BCUT2D eigenvalue weighted by molar-refractivity contribution is 5.71. The van der Waals surface area contributed by atoms with E-state index >= 15 is 0 Å². The van der Waals surface area contributed by atoms with E-state index < -0.39 is 6.10 Å². The van der Waals surface area contributed by atoms with E-state index in [0.717, 1.165) is 75.5 Å². The Balaban J connectivity index is 4.28. The second kappa shape index (κ2) is 53.2. The van der Waals surface area contributed by atoms with Crippen LogP contribution in [0, 0.1) is 17.8 Å². The standard InChI is InChI=1S/C62H120O6/c1-56(2)48-42-36-30-24-18-14-10-7-8-12-17-21-29-35-41-47-53-62(65)68-59(55-67-61(64)52-46-40-34-28-23-22-26-32-38-44-50-58(5)6)54-66-60(63)51-45-39-33-27-20-16-13-9-11-15-19-25-31-37-43-49-57(3)4/h56-59H,7-55H2,1-6H3/t59-/m1/s1. The van der Waals surface area contributed by atoms with Crippen LogP contribution < -0.4 is 0 Å². The van der Waals surface area contributed by atoms with Crippen molar-refractivity contribution in [2.75, 3.05) is 13.2 Å². The SMILES string of the molecule is CC(C)CCCCCCCCCCCCCCCCCCC(=O)O[C@H](COC(=O)CCCCCCCCCCCCCCCCCC(C)C)COC(=O)CCCCCCCCCCCCC(C)C. The van der Waals surface area contributed by atoms with Gasteiger partial charge in [0.05, 0.1) is 0 Å². The topological polar surface area (TPSA) is 78.9 Å². The van der Waals surface area contributed by atoms with Gasteiger partial charge in [-0.15, -0.1) is 0 Å². The molecule has 0 aromatic carbocycles. The summed E-state index contributed by atoms with van der Waals surface area (Å²) in [5, 5.41) is 0. The van der Waals surface area contributed by atoms with Crippen LogP contribution >= 0.6 is 0 Å². The molecule has 0 rings (SSSR count). The van der Waals surface area contributed by atoms with Gasteiger partial charge in [0.15, 0.2) is 6.10 Å². The normalized spacial score (nSPS) is 12.1. The number of carbonyl (C=O) groups excluding carboxylic acids is 3. The van der Waals surface area contributed by atoms with Crippen LogP contribution in [0.4, 0.5) is 0 Å². The first-order valence-electron chi connectivity index (χ1n) is 30.6. The number of ether oxygens (including phenoxy) is 3. The molecule has 0 fully saturated rings. The van der Waals surface area contributed by atoms with Crippen LogP contribution in [0.5, 0.6) is 0 Å². The van der Waals surface area contributed by atoms with E-state index in [-0.39, 0.29) is 31.1 Å². The number of carbonyl (C=O) groups is 3.